The summed E-state index contributed by atoms with van der Waals surface area (Å²) in [5.41, 5.74) is 2.24. The van der Waals surface area contributed by atoms with Gasteiger partial charge in [0.1, 0.15) is 11.3 Å². The number of unbranched alkanes of at least 4 members (excludes halogenated alkanes) is 1. The highest BCUT2D eigenvalue weighted by atomic mass is 32.1. The van der Waals surface area contributed by atoms with Crippen molar-refractivity contribution in [3.8, 4) is 5.75 Å². The molecular formula is C27H25N3O4S. The Balaban J connectivity index is 1.35. The maximum Gasteiger partial charge on any atom is 0.291 e. The molecule has 2 amide bonds. The Morgan fingerprint density at radius 1 is 0.886 bits per heavy atom. The number of fused-ring (bicyclic) bond motifs is 1. The zero-order valence-corrected chi connectivity index (χ0v) is 20.0. The van der Waals surface area contributed by atoms with Crippen LogP contribution in [0.4, 0.5) is 11.4 Å². The highest BCUT2D eigenvalue weighted by Crippen LogP contribution is 2.21. The van der Waals surface area contributed by atoms with E-state index in [1.807, 2.05) is 30.3 Å². The zero-order valence-electron chi connectivity index (χ0n) is 19.2. The Morgan fingerprint density at radius 2 is 1.66 bits per heavy atom. The molecule has 0 aliphatic rings. The average Bonchev–Trinajstić information content (AvgIpc) is 3.29. The van der Waals surface area contributed by atoms with Gasteiger partial charge >= 0.3 is 0 Å². The first-order valence-electron chi connectivity index (χ1n) is 11.3. The van der Waals surface area contributed by atoms with E-state index in [1.54, 1.807) is 48.5 Å². The van der Waals surface area contributed by atoms with Gasteiger partial charge in [0.05, 0.1) is 6.61 Å². The number of rotatable bonds is 8. The predicted molar refractivity (Wildman–Crippen MR) is 141 cm³/mol. The quantitative estimate of drug-likeness (QED) is 0.209. The lowest BCUT2D eigenvalue weighted by molar-refractivity contribution is 0.0975. The standard InChI is InChI=1S/C27H25N3O4S/c1-2-3-14-33-22-12-6-9-19(15-22)25(31)30-27(35)29-21-11-7-10-20(17-21)28-26(32)24-16-18-8-4-5-13-23(18)34-24/h4-13,15-17H,2-3,14H2,1H3,(H,28,32)(H2,29,30,31,35). The number of ether oxygens (including phenoxy) is 1. The van der Waals surface area contributed by atoms with Crippen molar-refractivity contribution >= 4 is 51.5 Å². The van der Waals surface area contributed by atoms with Crippen LogP contribution in [0, 0.1) is 0 Å². The lowest BCUT2D eigenvalue weighted by Gasteiger charge is -2.12. The maximum atomic E-state index is 12.6. The van der Waals surface area contributed by atoms with Crippen LogP contribution >= 0.6 is 12.2 Å². The molecule has 35 heavy (non-hydrogen) atoms. The fraction of sp³-hybridized carbons (Fsp3) is 0.148. The number of hydrogen-bond donors (Lipinski definition) is 3. The molecule has 0 bridgehead atoms. The molecule has 0 fully saturated rings. The molecule has 1 heterocycles. The van der Waals surface area contributed by atoms with Crippen LogP contribution in [0.3, 0.4) is 0 Å². The Labute approximate surface area is 208 Å². The summed E-state index contributed by atoms with van der Waals surface area (Å²) < 4.78 is 11.3. The van der Waals surface area contributed by atoms with Crippen molar-refractivity contribution in [1.29, 1.82) is 0 Å². The molecule has 4 aromatic rings. The molecule has 0 atom stereocenters. The van der Waals surface area contributed by atoms with Crippen LogP contribution in [-0.4, -0.2) is 23.5 Å². The summed E-state index contributed by atoms with van der Waals surface area (Å²) in [4.78, 5) is 25.2. The monoisotopic (exact) mass is 487 g/mol. The van der Waals surface area contributed by atoms with Gasteiger partial charge < -0.3 is 19.8 Å². The van der Waals surface area contributed by atoms with Gasteiger partial charge in [0.15, 0.2) is 10.9 Å². The van der Waals surface area contributed by atoms with E-state index < -0.39 is 0 Å². The molecular weight excluding hydrogens is 462 g/mol. The fourth-order valence-corrected chi connectivity index (χ4v) is 3.57. The van der Waals surface area contributed by atoms with Crippen LogP contribution in [0.15, 0.2) is 83.3 Å². The third kappa shape index (κ3) is 6.45. The van der Waals surface area contributed by atoms with Crippen molar-refractivity contribution < 1.29 is 18.7 Å². The third-order valence-electron chi connectivity index (χ3n) is 5.12. The summed E-state index contributed by atoms with van der Waals surface area (Å²) in [5.74, 6) is 0.138. The number of anilines is 2. The SMILES string of the molecule is CCCCOc1cccc(C(=O)NC(=S)Nc2cccc(NC(=O)c3cc4ccccc4o3)c2)c1. The summed E-state index contributed by atoms with van der Waals surface area (Å²) in [6.45, 7) is 2.69. The van der Waals surface area contributed by atoms with Crippen molar-refractivity contribution in [3.63, 3.8) is 0 Å². The summed E-state index contributed by atoms with van der Waals surface area (Å²) >= 11 is 5.30. The lowest BCUT2D eigenvalue weighted by atomic mass is 10.2. The van der Waals surface area contributed by atoms with Crippen molar-refractivity contribution in [2.75, 3.05) is 17.2 Å². The predicted octanol–water partition coefficient (Wildman–Crippen LogP) is 5.99. The molecule has 7 nitrogen and oxygen atoms in total. The largest absolute Gasteiger partial charge is 0.494 e. The van der Waals surface area contributed by atoms with Gasteiger partial charge in [-0.15, -0.1) is 0 Å². The summed E-state index contributed by atoms with van der Waals surface area (Å²) in [7, 11) is 0. The van der Waals surface area contributed by atoms with E-state index in [2.05, 4.69) is 22.9 Å². The number of para-hydroxylation sites is 1. The molecule has 178 valence electrons. The normalized spacial score (nSPS) is 10.5. The molecule has 3 N–H and O–H groups in total. The number of furan rings is 1. The summed E-state index contributed by atoms with van der Waals surface area (Å²) in [5, 5.41) is 9.43. The van der Waals surface area contributed by atoms with Gasteiger partial charge in [-0.1, -0.05) is 43.7 Å². The number of nitrogens with one attached hydrogen (secondary N) is 3. The smallest absolute Gasteiger partial charge is 0.291 e. The van der Waals surface area contributed by atoms with Crippen LogP contribution in [-0.2, 0) is 0 Å². The van der Waals surface area contributed by atoms with Crippen molar-refractivity contribution in [2.45, 2.75) is 19.8 Å². The van der Waals surface area contributed by atoms with Gasteiger partial charge in [0, 0.05) is 22.3 Å². The molecule has 0 unspecified atom stereocenters. The molecule has 0 radical (unpaired) electrons. The number of carbonyl (C=O) groups excluding carboxylic acids is 2. The first kappa shape index (κ1) is 24.0. The van der Waals surface area contributed by atoms with E-state index in [-0.39, 0.29) is 22.7 Å². The van der Waals surface area contributed by atoms with E-state index >= 15 is 0 Å². The second kappa shape index (κ2) is 11.3. The van der Waals surface area contributed by atoms with Gasteiger partial charge in [-0.3, -0.25) is 14.9 Å². The van der Waals surface area contributed by atoms with E-state index in [1.165, 1.54) is 0 Å². The van der Waals surface area contributed by atoms with Crippen LogP contribution in [0.5, 0.6) is 5.75 Å². The molecule has 0 saturated carbocycles. The maximum absolute atomic E-state index is 12.6. The van der Waals surface area contributed by atoms with Crippen molar-refractivity contribution in [2.24, 2.45) is 0 Å². The van der Waals surface area contributed by atoms with E-state index in [0.29, 0.717) is 34.9 Å². The Morgan fingerprint density at radius 3 is 2.46 bits per heavy atom. The highest BCUT2D eigenvalue weighted by Gasteiger charge is 2.13. The minimum absolute atomic E-state index is 0.132. The summed E-state index contributed by atoms with van der Waals surface area (Å²) in [6.07, 6.45) is 1.98. The number of hydrogen-bond acceptors (Lipinski definition) is 5. The average molecular weight is 488 g/mol. The Kier molecular flexibility index (Phi) is 7.74. The molecule has 1 aromatic heterocycles. The topological polar surface area (TPSA) is 92.6 Å². The number of thiocarbonyl (C=S) groups is 1. The van der Waals surface area contributed by atoms with E-state index in [4.69, 9.17) is 21.4 Å². The van der Waals surface area contributed by atoms with Crippen molar-refractivity contribution in [3.05, 3.63) is 90.2 Å². The Bertz CT molecular complexity index is 1330. The minimum Gasteiger partial charge on any atom is -0.494 e. The second-order valence-electron chi connectivity index (χ2n) is 7.82. The first-order valence-corrected chi connectivity index (χ1v) is 11.7. The van der Waals surface area contributed by atoms with Crippen LogP contribution in [0.2, 0.25) is 0 Å². The first-order chi connectivity index (χ1) is 17.0. The van der Waals surface area contributed by atoms with Gasteiger partial charge in [0.2, 0.25) is 0 Å². The van der Waals surface area contributed by atoms with Gasteiger partial charge in [0.25, 0.3) is 11.8 Å². The summed E-state index contributed by atoms with van der Waals surface area (Å²) in [6, 6.07) is 23.1. The molecule has 3 aromatic carbocycles. The number of benzene rings is 3. The van der Waals surface area contributed by atoms with Gasteiger partial charge in [-0.05, 0) is 67.2 Å². The zero-order chi connectivity index (χ0) is 24.6. The number of amides is 2. The molecule has 8 heteroatoms. The van der Waals surface area contributed by atoms with E-state index in [0.717, 1.165) is 18.2 Å². The molecule has 4 rings (SSSR count). The van der Waals surface area contributed by atoms with Gasteiger partial charge in [-0.25, -0.2) is 0 Å². The van der Waals surface area contributed by atoms with Crippen LogP contribution in [0.1, 0.15) is 40.7 Å². The molecule has 0 saturated heterocycles. The van der Waals surface area contributed by atoms with E-state index in [9.17, 15) is 9.59 Å². The van der Waals surface area contributed by atoms with Crippen LogP contribution < -0.4 is 20.7 Å². The molecule has 0 spiro atoms. The molecule has 0 aliphatic carbocycles. The fourth-order valence-electron chi connectivity index (χ4n) is 3.36. The van der Waals surface area contributed by atoms with Gasteiger partial charge in [-0.2, -0.15) is 0 Å². The second-order valence-corrected chi connectivity index (χ2v) is 8.23. The number of carbonyl (C=O) groups is 2. The lowest BCUT2D eigenvalue weighted by Crippen LogP contribution is -2.34. The minimum atomic E-state index is -0.365. The molecule has 0 aliphatic heterocycles. The third-order valence-corrected chi connectivity index (χ3v) is 5.32. The van der Waals surface area contributed by atoms with Crippen molar-refractivity contribution in [1.82, 2.24) is 5.32 Å². The highest BCUT2D eigenvalue weighted by molar-refractivity contribution is 7.80. The Hall–Kier alpha value is -4.17. The van der Waals surface area contributed by atoms with Crippen LogP contribution in [0.25, 0.3) is 11.0 Å².